The Kier molecular flexibility index (Phi) is 6.58. The molecule has 0 N–H and O–H groups in total. The molecule has 41 heavy (non-hydrogen) atoms. The van der Waals surface area contributed by atoms with E-state index < -0.39 is 5.54 Å². The van der Waals surface area contributed by atoms with Crippen LogP contribution in [0.5, 0.6) is 0 Å². The minimum absolute atomic E-state index is 0.119. The average Bonchev–Trinajstić information content (AvgIpc) is 3.70. The van der Waals surface area contributed by atoms with Crippen molar-refractivity contribution in [3.05, 3.63) is 168 Å². The number of nitrogens with zero attached hydrogens (tertiary/aromatic N) is 2. The maximum atomic E-state index is 14.8. The third-order valence-corrected chi connectivity index (χ3v) is 8.58. The first-order valence-electron chi connectivity index (χ1n) is 14.4. The highest BCUT2D eigenvalue weighted by Gasteiger charge is 2.49. The van der Waals surface area contributed by atoms with E-state index in [1.54, 1.807) is 0 Å². The third kappa shape index (κ3) is 4.21. The molecule has 5 aromatic carbocycles. The summed E-state index contributed by atoms with van der Waals surface area (Å²) in [4.78, 5) is 17.2. The Labute approximate surface area is 241 Å². The maximum absolute atomic E-state index is 14.8. The SMILES string of the molecule is O=C([C@H]1CCCN1C(c1ccccc1)(c1ccccc1)c1ccccc1)n1cc(-c2ccccc2)c2ccccc21. The Hall–Kier alpha value is -4.73. The van der Waals surface area contributed by atoms with E-state index in [0.29, 0.717) is 0 Å². The molecular formula is C38H32N2O. The van der Waals surface area contributed by atoms with Gasteiger partial charge in [0.15, 0.2) is 0 Å². The van der Waals surface area contributed by atoms with E-state index in [-0.39, 0.29) is 11.9 Å². The van der Waals surface area contributed by atoms with Crippen LogP contribution in [0, 0.1) is 0 Å². The van der Waals surface area contributed by atoms with Crippen molar-refractivity contribution < 1.29 is 4.79 Å². The van der Waals surface area contributed by atoms with Crippen LogP contribution in [0.4, 0.5) is 0 Å². The Morgan fingerprint density at radius 1 is 0.610 bits per heavy atom. The number of aromatic nitrogens is 1. The maximum Gasteiger partial charge on any atom is 0.248 e. The molecule has 7 rings (SSSR count). The predicted octanol–water partition coefficient (Wildman–Crippen LogP) is 8.41. The molecule has 0 aliphatic carbocycles. The minimum Gasteiger partial charge on any atom is -0.285 e. The zero-order valence-electron chi connectivity index (χ0n) is 22.9. The van der Waals surface area contributed by atoms with E-state index in [4.69, 9.17) is 0 Å². The lowest BCUT2D eigenvalue weighted by molar-refractivity contribution is 0.0679. The van der Waals surface area contributed by atoms with Crippen molar-refractivity contribution in [2.24, 2.45) is 0 Å². The fraction of sp³-hybridized carbons (Fsp3) is 0.132. The molecule has 0 unspecified atom stereocenters. The van der Waals surface area contributed by atoms with Crippen molar-refractivity contribution in [3.8, 4) is 11.1 Å². The normalized spacial score (nSPS) is 15.8. The van der Waals surface area contributed by atoms with E-state index >= 15 is 0 Å². The van der Waals surface area contributed by atoms with E-state index in [9.17, 15) is 4.79 Å². The first kappa shape index (κ1) is 25.3. The molecule has 1 aliphatic rings. The van der Waals surface area contributed by atoms with Crippen molar-refractivity contribution in [3.63, 3.8) is 0 Å². The molecule has 3 nitrogen and oxygen atoms in total. The molecule has 0 bridgehead atoms. The Balaban J connectivity index is 1.42. The highest BCUT2D eigenvalue weighted by atomic mass is 16.2. The molecule has 0 spiro atoms. The van der Waals surface area contributed by atoms with Gasteiger partial charge in [-0.2, -0.15) is 0 Å². The number of carbonyl (C=O) groups excluding carboxylic acids is 1. The van der Waals surface area contributed by atoms with Gasteiger partial charge in [0.05, 0.1) is 17.1 Å². The molecule has 2 heterocycles. The lowest BCUT2D eigenvalue weighted by Crippen LogP contribution is -2.53. The molecule has 200 valence electrons. The molecular weight excluding hydrogens is 500 g/mol. The summed E-state index contributed by atoms with van der Waals surface area (Å²) in [5.41, 5.74) is 6.03. The summed E-state index contributed by atoms with van der Waals surface area (Å²) in [6.07, 6.45) is 3.81. The first-order valence-corrected chi connectivity index (χ1v) is 14.4. The van der Waals surface area contributed by atoms with Gasteiger partial charge in [-0.15, -0.1) is 0 Å². The van der Waals surface area contributed by atoms with Crippen LogP contribution in [0.1, 0.15) is 34.3 Å². The lowest BCUT2D eigenvalue weighted by Gasteiger charge is -2.46. The molecule has 6 aromatic rings. The molecule has 0 radical (unpaired) electrons. The van der Waals surface area contributed by atoms with Gasteiger partial charge in [-0.25, -0.2) is 0 Å². The number of hydrogen-bond donors (Lipinski definition) is 0. The molecule has 1 fully saturated rings. The first-order chi connectivity index (χ1) is 20.3. The van der Waals surface area contributed by atoms with Crippen molar-refractivity contribution >= 4 is 16.8 Å². The second-order valence-electron chi connectivity index (χ2n) is 10.8. The topological polar surface area (TPSA) is 25.2 Å². The summed E-state index contributed by atoms with van der Waals surface area (Å²) in [6, 6.07) is 50.4. The third-order valence-electron chi connectivity index (χ3n) is 8.58. The van der Waals surface area contributed by atoms with Crippen LogP contribution in [0.3, 0.4) is 0 Å². The van der Waals surface area contributed by atoms with Gasteiger partial charge in [0.1, 0.15) is 0 Å². The molecule has 0 amide bonds. The van der Waals surface area contributed by atoms with Crippen molar-refractivity contribution in [2.45, 2.75) is 24.4 Å². The van der Waals surface area contributed by atoms with Crippen LogP contribution in [0.15, 0.2) is 152 Å². The van der Waals surface area contributed by atoms with Gasteiger partial charge in [-0.1, -0.05) is 140 Å². The number of likely N-dealkylation sites (tertiary alicyclic amines) is 1. The quantitative estimate of drug-likeness (QED) is 0.201. The van der Waals surface area contributed by atoms with Crippen LogP contribution in [-0.4, -0.2) is 28.0 Å². The number of carbonyl (C=O) groups is 1. The van der Waals surface area contributed by atoms with Gasteiger partial charge < -0.3 is 0 Å². The number of benzene rings is 5. The number of hydrogen-bond acceptors (Lipinski definition) is 2. The Bertz CT molecular complexity index is 1680. The average molecular weight is 533 g/mol. The fourth-order valence-electron chi connectivity index (χ4n) is 6.83. The zero-order chi connectivity index (χ0) is 27.6. The Morgan fingerprint density at radius 3 is 1.66 bits per heavy atom. The summed E-state index contributed by atoms with van der Waals surface area (Å²) in [5.74, 6) is 0.119. The number of para-hydroxylation sites is 1. The van der Waals surface area contributed by atoms with E-state index in [0.717, 1.165) is 41.4 Å². The Morgan fingerprint density at radius 2 is 1.10 bits per heavy atom. The zero-order valence-corrected chi connectivity index (χ0v) is 22.9. The van der Waals surface area contributed by atoms with Gasteiger partial charge >= 0.3 is 0 Å². The van der Waals surface area contributed by atoms with Crippen LogP contribution in [0.2, 0.25) is 0 Å². The van der Waals surface area contributed by atoms with Gasteiger partial charge in [0.2, 0.25) is 5.91 Å². The van der Waals surface area contributed by atoms with Crippen LogP contribution in [0.25, 0.3) is 22.0 Å². The summed E-state index contributed by atoms with van der Waals surface area (Å²) < 4.78 is 1.91. The molecule has 3 heteroatoms. The summed E-state index contributed by atoms with van der Waals surface area (Å²) in [7, 11) is 0. The largest absolute Gasteiger partial charge is 0.285 e. The van der Waals surface area contributed by atoms with Crippen molar-refractivity contribution in [1.29, 1.82) is 0 Å². The second-order valence-corrected chi connectivity index (χ2v) is 10.8. The molecule has 1 aromatic heterocycles. The van der Waals surface area contributed by atoms with Gasteiger partial charge in [0.25, 0.3) is 0 Å². The van der Waals surface area contributed by atoms with Gasteiger partial charge in [-0.3, -0.25) is 14.3 Å². The smallest absolute Gasteiger partial charge is 0.248 e. The minimum atomic E-state index is -0.619. The van der Waals surface area contributed by atoms with E-state index in [1.165, 1.54) is 16.7 Å². The van der Waals surface area contributed by atoms with E-state index in [1.807, 2.05) is 22.9 Å². The summed E-state index contributed by atoms with van der Waals surface area (Å²) in [5, 5.41) is 1.09. The summed E-state index contributed by atoms with van der Waals surface area (Å²) in [6.45, 7) is 0.819. The van der Waals surface area contributed by atoms with Crippen molar-refractivity contribution in [1.82, 2.24) is 9.47 Å². The highest BCUT2D eigenvalue weighted by molar-refractivity contribution is 6.03. The van der Waals surface area contributed by atoms with Gasteiger partial charge in [0, 0.05) is 23.7 Å². The molecule has 0 saturated carbocycles. The fourth-order valence-corrected chi connectivity index (χ4v) is 6.83. The predicted molar refractivity (Wildman–Crippen MR) is 167 cm³/mol. The molecule has 1 aliphatic heterocycles. The highest BCUT2D eigenvalue weighted by Crippen LogP contribution is 2.46. The van der Waals surface area contributed by atoms with E-state index in [2.05, 4.69) is 138 Å². The van der Waals surface area contributed by atoms with Crippen molar-refractivity contribution in [2.75, 3.05) is 6.54 Å². The molecule has 1 atom stereocenters. The van der Waals surface area contributed by atoms with Crippen LogP contribution in [-0.2, 0) is 5.54 Å². The van der Waals surface area contributed by atoms with Gasteiger partial charge in [-0.05, 0) is 41.2 Å². The monoisotopic (exact) mass is 532 g/mol. The number of rotatable bonds is 6. The van der Waals surface area contributed by atoms with Crippen LogP contribution >= 0.6 is 0 Å². The lowest BCUT2D eigenvalue weighted by atomic mass is 9.75. The number of fused-ring (bicyclic) bond motifs is 1. The molecule has 1 saturated heterocycles. The second kappa shape index (κ2) is 10.7. The summed E-state index contributed by atoms with van der Waals surface area (Å²) >= 11 is 0. The van der Waals surface area contributed by atoms with Crippen LogP contribution < -0.4 is 0 Å². The standard InChI is InChI=1S/C38H32N2O/c41-37(39-28-34(29-16-5-1-6-17-29)33-24-13-14-25-35(33)39)36-26-15-27-40(36)38(30-18-7-2-8-19-30,31-20-9-3-10-21-31)32-22-11-4-12-23-32/h1-14,16-25,28,36H,15,26-27H2/t36-/m1/s1.